The number of nitrogens with two attached hydrogens (primary N) is 1. The van der Waals surface area contributed by atoms with Crippen molar-refractivity contribution in [1.82, 2.24) is 29.1 Å². The molecule has 0 amide bonds. The van der Waals surface area contributed by atoms with Gasteiger partial charge in [0.15, 0.2) is 47.8 Å². The molecule has 3 fully saturated rings. The van der Waals surface area contributed by atoms with Gasteiger partial charge in [-0.1, -0.05) is 48.5 Å². The summed E-state index contributed by atoms with van der Waals surface area (Å²) in [6, 6.07) is 24.8. The maximum absolute atomic E-state index is 17.2. The zero-order chi connectivity index (χ0) is 51.9. The third-order valence-corrected chi connectivity index (χ3v) is 19.4. The molecule has 0 saturated carbocycles. The van der Waals surface area contributed by atoms with E-state index in [4.69, 9.17) is 33.3 Å². The molecule has 5 N–H and O–H groups in total. The van der Waals surface area contributed by atoms with E-state index in [1.807, 2.05) is 4.98 Å². The summed E-state index contributed by atoms with van der Waals surface area (Å²) in [6.45, 7) is -11.1. The maximum Gasteiger partial charge on any atom is 0.390 e. The molecule has 6 heterocycles. The van der Waals surface area contributed by atoms with Crippen LogP contribution in [0.3, 0.4) is 0 Å². The average Bonchev–Trinajstić information content (AvgIpc) is 4.06. The normalized spacial score (nSPS) is 27.2. The van der Waals surface area contributed by atoms with Crippen LogP contribution in [0, 0.1) is 0 Å². The molecule has 384 valence electrons. The van der Waals surface area contributed by atoms with Crippen LogP contribution >= 0.6 is 36.4 Å². The van der Waals surface area contributed by atoms with Crippen LogP contribution in [0.1, 0.15) is 55.4 Å². The predicted octanol–water partition coefficient (Wildman–Crippen LogP) is 7.20. The second-order valence-corrected chi connectivity index (χ2v) is 25.0. The fourth-order valence-electron chi connectivity index (χ4n) is 8.22. The van der Waals surface area contributed by atoms with Gasteiger partial charge in [-0.2, -0.15) is 0 Å². The highest BCUT2D eigenvalue weighted by Crippen LogP contribution is 2.67. The molecule has 0 spiro atoms. The van der Waals surface area contributed by atoms with Gasteiger partial charge in [0.2, 0.25) is 0 Å². The number of aromatic nitrogens is 6. The van der Waals surface area contributed by atoms with E-state index >= 15 is 17.9 Å². The van der Waals surface area contributed by atoms with E-state index in [1.54, 1.807) is 24.3 Å². The molecule has 0 aliphatic carbocycles. The number of carbonyl (C=O) groups is 2. The first-order chi connectivity index (χ1) is 35.5. The van der Waals surface area contributed by atoms with Gasteiger partial charge >= 0.3 is 19.3 Å². The Balaban J connectivity index is 0.975. The number of anilines is 1. The highest BCUT2D eigenvalue weighted by atomic mass is 32.7. The van der Waals surface area contributed by atoms with Gasteiger partial charge in [-0.05, 0) is 82.4 Å². The van der Waals surface area contributed by atoms with Gasteiger partial charge in [0, 0.05) is 46.0 Å². The summed E-state index contributed by atoms with van der Waals surface area (Å²) in [6.07, 6.45) is -11.5. The van der Waals surface area contributed by atoms with Gasteiger partial charge in [0.1, 0.15) is 47.8 Å². The number of ketones is 2. The monoisotopic (exact) mass is 1090 g/mol. The Morgan fingerprint density at radius 3 is 1.70 bits per heavy atom. The van der Waals surface area contributed by atoms with E-state index in [9.17, 15) is 29.4 Å². The van der Waals surface area contributed by atoms with Gasteiger partial charge in [0.05, 0.1) is 19.5 Å². The minimum atomic E-state index is -4.73. The number of rotatable bonds is 12. The van der Waals surface area contributed by atoms with Crippen molar-refractivity contribution >= 4 is 64.9 Å². The van der Waals surface area contributed by atoms with Gasteiger partial charge < -0.3 is 25.4 Å². The Morgan fingerprint density at radius 1 is 0.662 bits per heavy atom. The number of nitrogens with zero attached hydrogens (tertiary/aromatic N) is 5. The molecule has 0 radical (unpaired) electrons. The van der Waals surface area contributed by atoms with Crippen LogP contribution in [0.5, 0.6) is 11.5 Å². The number of fused-ring (bicyclic) bond motifs is 4. The average molecular weight is 1090 g/mol. The number of hydrogen-bond acceptors (Lipinski definition) is 20. The van der Waals surface area contributed by atoms with E-state index in [1.165, 1.54) is 83.7 Å². The highest BCUT2D eigenvalue weighted by Gasteiger charge is 2.55. The maximum atomic E-state index is 17.2. The van der Waals surface area contributed by atoms with E-state index in [0.29, 0.717) is 56.1 Å². The number of aromatic amines is 1. The van der Waals surface area contributed by atoms with Crippen LogP contribution < -0.4 is 17.0 Å². The quantitative estimate of drug-likeness (QED) is 0.0694. The van der Waals surface area contributed by atoms with Crippen molar-refractivity contribution in [3.63, 3.8) is 0 Å². The molecule has 4 aromatic carbocycles. The Hall–Kier alpha value is -6.37. The molecule has 10 atom stereocenters. The van der Waals surface area contributed by atoms with Gasteiger partial charge in [-0.25, -0.2) is 37.7 Å². The molecule has 3 aliphatic heterocycles. The lowest BCUT2D eigenvalue weighted by molar-refractivity contribution is -0.0576. The van der Waals surface area contributed by atoms with Crippen LogP contribution in [-0.2, 0) is 48.2 Å². The van der Waals surface area contributed by atoms with Crippen molar-refractivity contribution in [3.05, 3.63) is 176 Å². The van der Waals surface area contributed by atoms with Crippen molar-refractivity contribution in [3.8, 4) is 11.5 Å². The minimum absolute atomic E-state index is 0.0140. The number of ether oxygens (including phenoxy) is 2. The molecule has 74 heavy (non-hydrogen) atoms. The van der Waals surface area contributed by atoms with E-state index in [0.717, 1.165) is 23.2 Å². The van der Waals surface area contributed by atoms with Gasteiger partial charge in [0.25, 0.3) is 5.56 Å². The SMILES string of the molecule is Nc1ncnc2c1ncn2[C@@H]1O[C@@H]2COP(=O)(SCc3ccc(C(=O)c4ccc(O)cc4)cc3)O[C@H]3[C@@H](F)[C@H](n4ccc(=O)[nH]c4=O)O[C@@H]3COP(=O)(SCc3ccc(C(=O)c4ccc(O)cc4)cc3)O[C@@H]1[C@@H]2F. The highest BCUT2D eigenvalue weighted by molar-refractivity contribution is 8.55. The second-order valence-electron chi connectivity index (χ2n) is 16.9. The zero-order valence-corrected chi connectivity index (χ0v) is 41.5. The van der Waals surface area contributed by atoms with Crippen LogP contribution in [-0.4, -0.2) is 101 Å². The van der Waals surface area contributed by atoms with Crippen LogP contribution in [0.15, 0.2) is 132 Å². The van der Waals surface area contributed by atoms with Crippen LogP contribution in [0.4, 0.5) is 14.6 Å². The third-order valence-electron chi connectivity index (χ3n) is 12.1. The molecule has 3 saturated heterocycles. The molecular formula is C47H41F2N7O14P2S2. The largest absolute Gasteiger partial charge is 0.508 e. The second kappa shape index (κ2) is 21.1. The van der Waals surface area contributed by atoms with Crippen molar-refractivity contribution in [1.29, 1.82) is 0 Å². The fraction of sp³-hybridized carbons (Fsp3) is 0.255. The van der Waals surface area contributed by atoms with E-state index in [-0.39, 0.29) is 51.6 Å². The molecule has 7 aromatic rings. The number of alkyl halides is 2. The van der Waals surface area contributed by atoms with E-state index < -0.39 is 87.3 Å². The predicted molar refractivity (Wildman–Crippen MR) is 264 cm³/mol. The first-order valence-corrected chi connectivity index (χ1v) is 28.6. The van der Waals surface area contributed by atoms with Crippen molar-refractivity contribution in [2.24, 2.45) is 0 Å². The lowest BCUT2D eigenvalue weighted by atomic mass is 10.0. The number of nitrogen functional groups attached to an aromatic ring is 1. The summed E-state index contributed by atoms with van der Waals surface area (Å²) in [5.74, 6) is -0.992. The van der Waals surface area contributed by atoms with Crippen molar-refractivity contribution in [2.75, 3.05) is 18.9 Å². The minimum Gasteiger partial charge on any atom is -0.508 e. The van der Waals surface area contributed by atoms with Crippen molar-refractivity contribution < 1.29 is 65.3 Å². The Morgan fingerprint density at radius 2 is 1.16 bits per heavy atom. The number of carbonyl (C=O) groups excluding carboxylic acids is 2. The number of H-pyrrole nitrogens is 1. The number of nitrogens with one attached hydrogen (secondary N) is 1. The topological polar surface area (TPSA) is 289 Å². The smallest absolute Gasteiger partial charge is 0.390 e. The van der Waals surface area contributed by atoms with Crippen LogP contribution in [0.2, 0.25) is 0 Å². The summed E-state index contributed by atoms with van der Waals surface area (Å²) < 4.78 is 103. The van der Waals surface area contributed by atoms with E-state index in [2.05, 4.69) is 15.0 Å². The Labute approximate surface area is 424 Å². The lowest BCUT2D eigenvalue weighted by Gasteiger charge is -2.28. The fourth-order valence-corrected chi connectivity index (χ4v) is 15.0. The lowest BCUT2D eigenvalue weighted by Crippen LogP contribution is -2.36. The number of halogens is 2. The molecule has 10 rings (SSSR count). The summed E-state index contributed by atoms with van der Waals surface area (Å²) in [5.41, 5.74) is 6.66. The third kappa shape index (κ3) is 10.8. The first kappa shape index (κ1) is 51.1. The van der Waals surface area contributed by atoms with Gasteiger partial charge in [-0.3, -0.25) is 46.6 Å². The Kier molecular flexibility index (Phi) is 14.6. The molecule has 21 nitrogen and oxygen atoms in total. The molecule has 2 bridgehead atoms. The molecule has 3 aromatic heterocycles. The van der Waals surface area contributed by atoms with Crippen LogP contribution in [0.25, 0.3) is 11.2 Å². The number of aromatic hydroxyl groups is 2. The first-order valence-electron chi connectivity index (χ1n) is 22.4. The summed E-state index contributed by atoms with van der Waals surface area (Å²) in [5, 5.41) is 19.3. The standard InChI is InChI=1S/C47H41F2N7O14P2S2/c48-36-33-19-65-71(63,73-21-25-1-5-27(6-2-25)39(60)29-9-13-31(57)14-10-29)69-41-34(68-45(37(41)49)55-18-17-35(59)54-47(55)62)20-66-72(64,70-42(36)46(67-33)56-24-53-38-43(50)51-23-52-44(38)56)74-22-26-3-7-28(8-4-26)40(61)30-11-15-32(58)16-12-30/h1-18,23-24,33-34,36-37,41-42,45-46,57-58H,19-22H2,(H2,50,51,52)(H,54,59,62)/t33-,34-,36-,37-,41-,42-,45-,46-,71?,72?/m1/s1. The zero-order valence-electron chi connectivity index (χ0n) is 38.1. The molecule has 3 aliphatic rings. The summed E-state index contributed by atoms with van der Waals surface area (Å²) in [7, 11) is 0. The molecule has 27 heteroatoms. The summed E-state index contributed by atoms with van der Waals surface area (Å²) >= 11 is 1.19. The number of imidazole rings is 1. The number of benzene rings is 4. The number of phenols is 2. The summed E-state index contributed by atoms with van der Waals surface area (Å²) in [4.78, 5) is 65.9. The molecular weight excluding hydrogens is 1050 g/mol. The van der Waals surface area contributed by atoms with Crippen molar-refractivity contribution in [2.45, 2.75) is 60.7 Å². The number of phenolic OH excluding ortho intramolecular Hbond substituents is 2. The van der Waals surface area contributed by atoms with Gasteiger partial charge in [-0.15, -0.1) is 0 Å². The molecule has 2 unspecified atom stereocenters. The number of hydrogen-bond donors (Lipinski definition) is 4. The Bertz CT molecular complexity index is 3450.